The molecule has 2 aromatic rings. The fourth-order valence-corrected chi connectivity index (χ4v) is 2.49. The van der Waals surface area contributed by atoms with Gasteiger partial charge in [-0.2, -0.15) is 0 Å². The third-order valence-corrected chi connectivity index (χ3v) is 3.87. The van der Waals surface area contributed by atoms with Gasteiger partial charge in [0.25, 0.3) is 0 Å². The van der Waals surface area contributed by atoms with Crippen molar-refractivity contribution < 1.29 is 5.11 Å². The minimum absolute atomic E-state index is 0.460. The maximum atomic E-state index is 10.0. The van der Waals surface area contributed by atoms with Crippen LogP contribution in [0.5, 0.6) is 0 Å². The lowest BCUT2D eigenvalue weighted by Gasteiger charge is -2.09. The van der Waals surface area contributed by atoms with Crippen LogP contribution in [0.25, 0.3) is 0 Å². The zero-order chi connectivity index (χ0) is 11.5. The number of hydrogen-bond donors (Lipinski definition) is 1. The number of aliphatic hydroxyl groups is 1. The second-order valence-corrected chi connectivity index (χ2v) is 5.94. The highest BCUT2D eigenvalue weighted by atomic mass is 127. The molecule has 1 aromatic carbocycles. The van der Waals surface area contributed by atoms with Crippen molar-refractivity contribution in [3.63, 3.8) is 0 Å². The zero-order valence-electron chi connectivity index (χ0n) is 8.85. The number of hydrogen-bond acceptors (Lipinski definition) is 3. The molecular weight excluding hydrogens is 333 g/mol. The van der Waals surface area contributed by atoms with E-state index in [9.17, 15) is 5.11 Å². The van der Waals surface area contributed by atoms with Gasteiger partial charge in [0.2, 0.25) is 0 Å². The number of aliphatic hydroxyl groups excluding tert-OH is 1. The first-order valence-corrected chi connectivity index (χ1v) is 6.95. The van der Waals surface area contributed by atoms with Crippen molar-refractivity contribution in [2.45, 2.75) is 19.4 Å². The Morgan fingerprint density at radius 3 is 2.62 bits per heavy atom. The lowest BCUT2D eigenvalue weighted by atomic mass is 10.1. The van der Waals surface area contributed by atoms with E-state index in [-0.39, 0.29) is 0 Å². The average molecular weight is 345 g/mol. The van der Waals surface area contributed by atoms with E-state index in [1.807, 2.05) is 36.6 Å². The van der Waals surface area contributed by atoms with Crippen molar-refractivity contribution in [1.29, 1.82) is 0 Å². The number of halogens is 1. The summed E-state index contributed by atoms with van der Waals surface area (Å²) in [5, 5.41) is 13.1. The molecule has 0 bridgehead atoms. The molecule has 84 valence electrons. The van der Waals surface area contributed by atoms with Gasteiger partial charge in [0, 0.05) is 15.4 Å². The average Bonchev–Trinajstić information content (AvgIpc) is 2.65. The van der Waals surface area contributed by atoms with Crippen molar-refractivity contribution in [2.75, 3.05) is 0 Å². The third kappa shape index (κ3) is 3.02. The predicted octanol–water partition coefficient (Wildman–Crippen LogP) is 3.33. The summed E-state index contributed by atoms with van der Waals surface area (Å²) in [7, 11) is 0. The SMILES string of the molecule is Cc1nc(CC(O)c2ccc(I)cc2)cs1. The molecule has 1 aromatic heterocycles. The maximum absolute atomic E-state index is 10.0. The van der Waals surface area contributed by atoms with Crippen LogP contribution in [0.3, 0.4) is 0 Å². The summed E-state index contributed by atoms with van der Waals surface area (Å²) in [5.41, 5.74) is 1.92. The maximum Gasteiger partial charge on any atom is 0.0897 e. The van der Waals surface area contributed by atoms with E-state index in [0.29, 0.717) is 6.42 Å². The molecule has 0 saturated carbocycles. The van der Waals surface area contributed by atoms with Crippen LogP contribution in [-0.4, -0.2) is 10.1 Å². The second kappa shape index (κ2) is 5.25. The summed E-state index contributed by atoms with van der Waals surface area (Å²) in [4.78, 5) is 4.35. The van der Waals surface area contributed by atoms with Crippen molar-refractivity contribution in [2.24, 2.45) is 0 Å². The van der Waals surface area contributed by atoms with E-state index in [1.54, 1.807) is 11.3 Å². The minimum atomic E-state index is -0.460. The molecule has 4 heteroatoms. The van der Waals surface area contributed by atoms with Crippen molar-refractivity contribution >= 4 is 33.9 Å². The number of thiazole rings is 1. The van der Waals surface area contributed by atoms with Crippen LogP contribution < -0.4 is 0 Å². The molecule has 2 rings (SSSR count). The summed E-state index contributed by atoms with van der Waals surface area (Å²) in [6.07, 6.45) is 0.129. The van der Waals surface area contributed by atoms with Crippen LogP contribution in [-0.2, 0) is 6.42 Å². The first kappa shape index (κ1) is 12.0. The smallest absolute Gasteiger partial charge is 0.0897 e. The van der Waals surface area contributed by atoms with Crippen LogP contribution in [0.2, 0.25) is 0 Å². The molecule has 0 spiro atoms. The second-order valence-electron chi connectivity index (χ2n) is 3.63. The number of aryl methyl sites for hydroxylation is 1. The largest absolute Gasteiger partial charge is 0.388 e. The molecule has 0 aliphatic carbocycles. The van der Waals surface area contributed by atoms with Gasteiger partial charge in [0.15, 0.2) is 0 Å². The molecule has 0 radical (unpaired) electrons. The Bertz CT molecular complexity index is 466. The fraction of sp³-hybridized carbons (Fsp3) is 0.250. The lowest BCUT2D eigenvalue weighted by Crippen LogP contribution is -2.02. The van der Waals surface area contributed by atoms with E-state index in [0.717, 1.165) is 16.3 Å². The van der Waals surface area contributed by atoms with Gasteiger partial charge in [-0.25, -0.2) is 4.98 Å². The lowest BCUT2D eigenvalue weighted by molar-refractivity contribution is 0.177. The molecule has 0 fully saturated rings. The highest BCUT2D eigenvalue weighted by molar-refractivity contribution is 14.1. The van der Waals surface area contributed by atoms with Gasteiger partial charge in [0.1, 0.15) is 0 Å². The highest BCUT2D eigenvalue weighted by Crippen LogP contribution is 2.20. The Kier molecular flexibility index (Phi) is 3.94. The Balaban J connectivity index is 2.08. The molecule has 16 heavy (non-hydrogen) atoms. The van der Waals surface area contributed by atoms with Crippen LogP contribution in [0, 0.1) is 10.5 Å². The van der Waals surface area contributed by atoms with E-state index < -0.39 is 6.10 Å². The minimum Gasteiger partial charge on any atom is -0.388 e. The Hall–Kier alpha value is -0.460. The first-order chi connectivity index (χ1) is 7.65. The van der Waals surface area contributed by atoms with Gasteiger partial charge in [-0.3, -0.25) is 0 Å². The van der Waals surface area contributed by atoms with Crippen molar-refractivity contribution in [3.05, 3.63) is 49.5 Å². The zero-order valence-corrected chi connectivity index (χ0v) is 11.8. The normalized spacial score (nSPS) is 12.7. The van der Waals surface area contributed by atoms with Crippen LogP contribution in [0.1, 0.15) is 22.4 Å². The summed E-state index contributed by atoms with van der Waals surface area (Å²) in [5.74, 6) is 0. The third-order valence-electron chi connectivity index (χ3n) is 2.32. The highest BCUT2D eigenvalue weighted by Gasteiger charge is 2.10. The summed E-state index contributed by atoms with van der Waals surface area (Å²) < 4.78 is 1.18. The Morgan fingerprint density at radius 1 is 1.38 bits per heavy atom. The molecule has 1 heterocycles. The molecule has 1 N–H and O–H groups in total. The van der Waals surface area contributed by atoms with E-state index in [1.165, 1.54) is 3.57 Å². The molecule has 1 unspecified atom stereocenters. The number of nitrogens with zero attached hydrogens (tertiary/aromatic N) is 1. The van der Waals surface area contributed by atoms with Gasteiger partial charge >= 0.3 is 0 Å². The van der Waals surface area contributed by atoms with Crippen molar-refractivity contribution in [1.82, 2.24) is 4.98 Å². The number of benzene rings is 1. The van der Waals surface area contributed by atoms with Gasteiger partial charge in [-0.1, -0.05) is 12.1 Å². The topological polar surface area (TPSA) is 33.1 Å². The molecule has 2 nitrogen and oxygen atoms in total. The van der Waals surface area contributed by atoms with Gasteiger partial charge in [0.05, 0.1) is 16.8 Å². The van der Waals surface area contributed by atoms with E-state index in [2.05, 4.69) is 27.6 Å². The number of aromatic nitrogens is 1. The van der Waals surface area contributed by atoms with E-state index in [4.69, 9.17) is 0 Å². The van der Waals surface area contributed by atoms with Crippen LogP contribution in [0.4, 0.5) is 0 Å². The molecule has 0 amide bonds. The van der Waals surface area contributed by atoms with Crippen LogP contribution >= 0.6 is 33.9 Å². The summed E-state index contributed by atoms with van der Waals surface area (Å²) in [6, 6.07) is 7.94. The molecular formula is C12H12INOS. The standard InChI is InChI=1S/C12H12INOS/c1-8-14-11(7-16-8)6-12(15)9-2-4-10(13)5-3-9/h2-5,7,12,15H,6H2,1H3. The van der Waals surface area contributed by atoms with Gasteiger partial charge < -0.3 is 5.11 Å². The Morgan fingerprint density at radius 2 is 2.06 bits per heavy atom. The molecule has 0 aliphatic rings. The summed E-state index contributed by atoms with van der Waals surface area (Å²) in [6.45, 7) is 1.98. The van der Waals surface area contributed by atoms with E-state index >= 15 is 0 Å². The first-order valence-electron chi connectivity index (χ1n) is 4.99. The van der Waals surface area contributed by atoms with Crippen molar-refractivity contribution in [3.8, 4) is 0 Å². The van der Waals surface area contributed by atoms with Gasteiger partial charge in [-0.15, -0.1) is 11.3 Å². The van der Waals surface area contributed by atoms with Crippen LogP contribution in [0.15, 0.2) is 29.6 Å². The molecule has 0 aliphatic heterocycles. The van der Waals surface area contributed by atoms with Gasteiger partial charge in [-0.05, 0) is 47.2 Å². The predicted molar refractivity (Wildman–Crippen MR) is 74.7 cm³/mol. The summed E-state index contributed by atoms with van der Waals surface area (Å²) >= 11 is 3.88. The Labute approximate surface area is 112 Å². The number of rotatable bonds is 3. The molecule has 0 saturated heterocycles. The quantitative estimate of drug-likeness (QED) is 0.866. The fourth-order valence-electron chi connectivity index (χ4n) is 1.50. The molecule has 1 atom stereocenters. The monoisotopic (exact) mass is 345 g/mol.